The number of amides is 1. The van der Waals surface area contributed by atoms with Gasteiger partial charge in [0.1, 0.15) is 6.20 Å². The first kappa shape index (κ1) is 15.1. The van der Waals surface area contributed by atoms with Gasteiger partial charge in [0, 0.05) is 13.6 Å². The molecule has 2 N–H and O–H groups in total. The molecule has 1 atom stereocenters. The number of nitro groups is 1. The number of nitrogens with one attached hydrogen (secondary N) is 1. The molecule has 1 unspecified atom stereocenters. The van der Waals surface area contributed by atoms with Crippen LogP contribution in [-0.2, 0) is 7.05 Å². The standard InChI is InChI=1S/C11H18N4O4/c1-7(2)4-8(16)5-12-11(17)10-9(15(18)19)6-13-14(10)3/h6-8,16H,4-5H2,1-3H3,(H,12,17). The molecular weight excluding hydrogens is 252 g/mol. The fraction of sp³-hybridized carbons (Fsp3) is 0.636. The Hall–Kier alpha value is -1.96. The molecule has 0 bridgehead atoms. The highest BCUT2D eigenvalue weighted by molar-refractivity contribution is 5.96. The van der Waals surface area contributed by atoms with Crippen LogP contribution in [0, 0.1) is 16.0 Å². The van der Waals surface area contributed by atoms with E-state index in [1.165, 1.54) is 7.05 Å². The first-order valence-corrected chi connectivity index (χ1v) is 5.95. The van der Waals surface area contributed by atoms with Crippen molar-refractivity contribution in [2.75, 3.05) is 6.54 Å². The molecule has 0 aliphatic heterocycles. The molecular formula is C11H18N4O4. The summed E-state index contributed by atoms with van der Waals surface area (Å²) in [7, 11) is 1.45. The molecule has 0 spiro atoms. The summed E-state index contributed by atoms with van der Waals surface area (Å²) in [5.41, 5.74) is -0.472. The van der Waals surface area contributed by atoms with E-state index in [-0.39, 0.29) is 17.9 Å². The molecule has 0 aromatic carbocycles. The van der Waals surface area contributed by atoms with Crippen molar-refractivity contribution >= 4 is 11.6 Å². The SMILES string of the molecule is CC(C)CC(O)CNC(=O)c1c([N+](=O)[O-])cnn1C. The first-order chi connectivity index (χ1) is 8.82. The molecule has 0 radical (unpaired) electrons. The van der Waals surface area contributed by atoms with Gasteiger partial charge in [-0.25, -0.2) is 0 Å². The van der Waals surface area contributed by atoms with Crippen molar-refractivity contribution < 1.29 is 14.8 Å². The average molecular weight is 270 g/mol. The second kappa shape index (κ2) is 6.28. The van der Waals surface area contributed by atoms with Gasteiger partial charge in [0.25, 0.3) is 5.91 Å². The predicted molar refractivity (Wildman–Crippen MR) is 67.7 cm³/mol. The summed E-state index contributed by atoms with van der Waals surface area (Å²) in [6.07, 6.45) is 0.906. The lowest BCUT2D eigenvalue weighted by Gasteiger charge is -2.13. The third-order valence-electron chi connectivity index (χ3n) is 2.57. The molecule has 106 valence electrons. The van der Waals surface area contributed by atoms with Crippen molar-refractivity contribution in [2.24, 2.45) is 13.0 Å². The van der Waals surface area contributed by atoms with Gasteiger partial charge in [-0.05, 0) is 12.3 Å². The van der Waals surface area contributed by atoms with Crippen molar-refractivity contribution in [3.8, 4) is 0 Å². The van der Waals surface area contributed by atoms with E-state index in [1.54, 1.807) is 0 Å². The lowest BCUT2D eigenvalue weighted by atomic mass is 10.1. The molecule has 1 amide bonds. The van der Waals surface area contributed by atoms with Gasteiger partial charge in [-0.3, -0.25) is 19.6 Å². The molecule has 1 aromatic rings. The van der Waals surface area contributed by atoms with Crippen molar-refractivity contribution in [3.63, 3.8) is 0 Å². The number of carbonyl (C=O) groups excluding carboxylic acids is 1. The molecule has 0 fully saturated rings. The fourth-order valence-corrected chi connectivity index (χ4v) is 1.74. The van der Waals surface area contributed by atoms with E-state index in [0.29, 0.717) is 12.3 Å². The minimum atomic E-state index is -0.670. The zero-order chi connectivity index (χ0) is 14.6. The topological polar surface area (TPSA) is 110 Å². The normalized spacial score (nSPS) is 12.5. The van der Waals surface area contributed by atoms with Crippen molar-refractivity contribution in [3.05, 3.63) is 22.0 Å². The van der Waals surface area contributed by atoms with Gasteiger partial charge < -0.3 is 10.4 Å². The van der Waals surface area contributed by atoms with Crippen LogP contribution in [0.3, 0.4) is 0 Å². The molecule has 8 heteroatoms. The van der Waals surface area contributed by atoms with Crippen molar-refractivity contribution in [1.29, 1.82) is 0 Å². The lowest BCUT2D eigenvalue weighted by molar-refractivity contribution is -0.385. The maximum atomic E-state index is 11.9. The number of aryl methyl sites for hydroxylation is 1. The summed E-state index contributed by atoms with van der Waals surface area (Å²) in [5.74, 6) is -0.313. The van der Waals surface area contributed by atoms with Crippen LogP contribution < -0.4 is 5.32 Å². The number of nitrogens with zero attached hydrogens (tertiary/aromatic N) is 3. The summed E-state index contributed by atoms with van der Waals surface area (Å²) in [4.78, 5) is 21.9. The Balaban J connectivity index is 2.69. The minimum Gasteiger partial charge on any atom is -0.391 e. The largest absolute Gasteiger partial charge is 0.391 e. The summed E-state index contributed by atoms with van der Waals surface area (Å²) in [5, 5.41) is 26.5. The second-order valence-electron chi connectivity index (χ2n) is 4.75. The molecule has 1 heterocycles. The van der Waals surface area contributed by atoms with E-state index in [4.69, 9.17) is 0 Å². The Morgan fingerprint density at radius 3 is 2.79 bits per heavy atom. The quantitative estimate of drug-likeness (QED) is 0.576. The van der Waals surface area contributed by atoms with Gasteiger partial charge in [-0.1, -0.05) is 13.8 Å². The highest BCUT2D eigenvalue weighted by Crippen LogP contribution is 2.16. The molecule has 1 aromatic heterocycles. The minimum absolute atomic E-state index is 0.0549. The van der Waals surface area contributed by atoms with E-state index in [2.05, 4.69) is 10.4 Å². The Kier molecular flexibility index (Phi) is 4.99. The van der Waals surface area contributed by atoms with Gasteiger partial charge in [0.05, 0.1) is 11.0 Å². The van der Waals surface area contributed by atoms with E-state index in [0.717, 1.165) is 10.9 Å². The molecule has 0 saturated carbocycles. The summed E-state index contributed by atoms with van der Waals surface area (Å²) >= 11 is 0. The molecule has 8 nitrogen and oxygen atoms in total. The van der Waals surface area contributed by atoms with E-state index in [9.17, 15) is 20.0 Å². The molecule has 1 rings (SSSR count). The number of aliphatic hydroxyl groups excluding tert-OH is 1. The third kappa shape index (κ3) is 4.02. The monoisotopic (exact) mass is 270 g/mol. The molecule has 0 saturated heterocycles. The Morgan fingerprint density at radius 2 is 2.26 bits per heavy atom. The number of hydrogen-bond donors (Lipinski definition) is 2. The van der Waals surface area contributed by atoms with Crippen molar-refractivity contribution in [2.45, 2.75) is 26.4 Å². The summed E-state index contributed by atoms with van der Waals surface area (Å²) in [6.45, 7) is 3.97. The van der Waals surface area contributed by atoms with Crippen LogP contribution >= 0.6 is 0 Å². The van der Waals surface area contributed by atoms with Crippen molar-refractivity contribution in [1.82, 2.24) is 15.1 Å². The van der Waals surface area contributed by atoms with Gasteiger partial charge in [0.15, 0.2) is 0 Å². The van der Waals surface area contributed by atoms with Gasteiger partial charge in [0.2, 0.25) is 5.69 Å². The highest BCUT2D eigenvalue weighted by atomic mass is 16.6. The number of aliphatic hydroxyl groups is 1. The van der Waals surface area contributed by atoms with E-state index in [1.807, 2.05) is 13.8 Å². The fourth-order valence-electron chi connectivity index (χ4n) is 1.74. The first-order valence-electron chi connectivity index (χ1n) is 5.95. The van der Waals surface area contributed by atoms with Crippen LogP contribution in [0.15, 0.2) is 6.20 Å². The van der Waals surface area contributed by atoms with E-state index < -0.39 is 16.9 Å². The zero-order valence-corrected chi connectivity index (χ0v) is 11.2. The number of aromatic nitrogens is 2. The van der Waals surface area contributed by atoms with Crippen LogP contribution in [0.2, 0.25) is 0 Å². The average Bonchev–Trinajstić information content (AvgIpc) is 2.67. The summed E-state index contributed by atoms with van der Waals surface area (Å²) in [6, 6.07) is 0. The van der Waals surface area contributed by atoms with Gasteiger partial charge >= 0.3 is 5.69 Å². The number of hydrogen-bond acceptors (Lipinski definition) is 5. The van der Waals surface area contributed by atoms with Gasteiger partial charge in [-0.2, -0.15) is 5.10 Å². The Bertz CT molecular complexity index is 469. The highest BCUT2D eigenvalue weighted by Gasteiger charge is 2.25. The maximum absolute atomic E-state index is 11.9. The van der Waals surface area contributed by atoms with Gasteiger partial charge in [-0.15, -0.1) is 0 Å². The Labute approximate surface area is 110 Å². The smallest absolute Gasteiger partial charge is 0.320 e. The number of rotatable bonds is 6. The summed E-state index contributed by atoms with van der Waals surface area (Å²) < 4.78 is 1.14. The van der Waals surface area contributed by atoms with E-state index >= 15 is 0 Å². The Morgan fingerprint density at radius 1 is 1.63 bits per heavy atom. The van der Waals surface area contributed by atoms with Crippen LogP contribution in [0.25, 0.3) is 0 Å². The molecule has 19 heavy (non-hydrogen) atoms. The van der Waals surface area contributed by atoms with Crippen LogP contribution in [0.5, 0.6) is 0 Å². The molecule has 0 aliphatic rings. The maximum Gasteiger partial charge on any atom is 0.320 e. The van der Waals surface area contributed by atoms with Crippen LogP contribution in [0.1, 0.15) is 30.8 Å². The molecule has 0 aliphatic carbocycles. The zero-order valence-electron chi connectivity index (χ0n) is 11.2. The number of carbonyl (C=O) groups is 1. The third-order valence-corrected chi connectivity index (χ3v) is 2.57. The van der Waals surface area contributed by atoms with Crippen LogP contribution in [0.4, 0.5) is 5.69 Å². The predicted octanol–water partition coefficient (Wildman–Crippen LogP) is 0.465. The van der Waals surface area contributed by atoms with Crippen LogP contribution in [-0.4, -0.2) is 38.4 Å². The second-order valence-corrected chi connectivity index (χ2v) is 4.75. The lowest BCUT2D eigenvalue weighted by Crippen LogP contribution is -2.34.